The van der Waals surface area contributed by atoms with Gasteiger partial charge in [-0.05, 0) is 30.5 Å². The zero-order valence-electron chi connectivity index (χ0n) is 14.5. The molecule has 0 saturated carbocycles. The van der Waals surface area contributed by atoms with Crippen molar-refractivity contribution in [1.29, 1.82) is 0 Å². The maximum atomic E-state index is 12.3. The Kier molecular flexibility index (Phi) is 6.09. The van der Waals surface area contributed by atoms with Crippen molar-refractivity contribution in [3.8, 4) is 0 Å². The van der Waals surface area contributed by atoms with Crippen LogP contribution >= 0.6 is 11.3 Å². The van der Waals surface area contributed by atoms with Crippen molar-refractivity contribution in [2.45, 2.75) is 40.2 Å². The van der Waals surface area contributed by atoms with Gasteiger partial charge in [-0.25, -0.2) is 4.98 Å². The smallest absolute Gasteiger partial charge is 0.284 e. The van der Waals surface area contributed by atoms with Crippen molar-refractivity contribution >= 4 is 28.8 Å². The Morgan fingerprint density at radius 2 is 2.08 bits per heavy atom. The monoisotopic (exact) mass is 345 g/mol. The molecule has 128 valence electrons. The van der Waals surface area contributed by atoms with Crippen LogP contribution in [0.5, 0.6) is 0 Å². The Balaban J connectivity index is 2.08. The van der Waals surface area contributed by atoms with Crippen LogP contribution in [-0.4, -0.2) is 28.2 Å². The zero-order valence-corrected chi connectivity index (χ0v) is 15.3. The normalized spacial score (nSPS) is 10.7. The van der Waals surface area contributed by atoms with Crippen molar-refractivity contribution < 1.29 is 9.59 Å². The molecule has 0 aliphatic carbocycles. The molecule has 0 aliphatic rings. The summed E-state index contributed by atoms with van der Waals surface area (Å²) in [6.45, 7) is 8.79. The molecule has 1 heterocycles. The van der Waals surface area contributed by atoms with Gasteiger partial charge < -0.3 is 10.2 Å². The number of amides is 2. The van der Waals surface area contributed by atoms with Gasteiger partial charge in [0.25, 0.3) is 5.91 Å². The van der Waals surface area contributed by atoms with Gasteiger partial charge in [0, 0.05) is 31.1 Å². The van der Waals surface area contributed by atoms with Crippen LogP contribution in [0.4, 0.5) is 5.69 Å². The predicted octanol–water partition coefficient (Wildman–Crippen LogP) is 3.89. The topological polar surface area (TPSA) is 62.3 Å². The molecule has 0 fully saturated rings. The fraction of sp³-hybridized carbons (Fsp3) is 0.389. The number of carbonyl (C=O) groups excluding carboxylic acids is 2. The highest BCUT2D eigenvalue weighted by Crippen LogP contribution is 2.19. The molecule has 1 aromatic carbocycles. The first-order chi connectivity index (χ1) is 11.4. The Hall–Kier alpha value is -2.21. The molecule has 0 spiro atoms. The Bertz CT molecular complexity index is 725. The molecule has 0 bridgehead atoms. The Labute approximate surface area is 146 Å². The molecule has 2 rings (SSSR count). The number of rotatable bonds is 6. The minimum Gasteiger partial charge on any atom is -0.339 e. The van der Waals surface area contributed by atoms with E-state index in [1.807, 2.05) is 36.6 Å². The van der Waals surface area contributed by atoms with Gasteiger partial charge >= 0.3 is 0 Å². The van der Waals surface area contributed by atoms with Crippen molar-refractivity contribution in [3.63, 3.8) is 0 Å². The number of benzene rings is 1. The van der Waals surface area contributed by atoms with E-state index in [-0.39, 0.29) is 11.8 Å². The Morgan fingerprint density at radius 1 is 1.33 bits per heavy atom. The summed E-state index contributed by atoms with van der Waals surface area (Å²) in [5.41, 5.74) is 2.62. The number of carbonyl (C=O) groups is 2. The van der Waals surface area contributed by atoms with E-state index in [2.05, 4.69) is 24.1 Å². The van der Waals surface area contributed by atoms with Crippen LogP contribution in [0.25, 0.3) is 0 Å². The van der Waals surface area contributed by atoms with Crippen LogP contribution in [-0.2, 0) is 11.3 Å². The maximum absolute atomic E-state index is 12.3. The highest BCUT2D eigenvalue weighted by atomic mass is 32.1. The van der Waals surface area contributed by atoms with Gasteiger partial charge in [-0.15, -0.1) is 11.3 Å². The third kappa shape index (κ3) is 4.64. The molecule has 0 saturated heterocycles. The minimum absolute atomic E-state index is 0.0379. The first-order valence-corrected chi connectivity index (χ1v) is 8.90. The summed E-state index contributed by atoms with van der Waals surface area (Å²) in [5, 5.41) is 5.26. The number of hydrogen-bond acceptors (Lipinski definition) is 4. The second-order valence-corrected chi connectivity index (χ2v) is 6.78. The molecular weight excluding hydrogens is 322 g/mol. The third-order valence-corrected chi connectivity index (χ3v) is 4.55. The molecule has 0 radical (unpaired) electrons. The second kappa shape index (κ2) is 8.06. The van der Waals surface area contributed by atoms with Crippen LogP contribution in [0.3, 0.4) is 0 Å². The largest absolute Gasteiger partial charge is 0.339 e. The van der Waals surface area contributed by atoms with Gasteiger partial charge in [-0.2, -0.15) is 0 Å². The molecule has 5 nitrogen and oxygen atoms in total. The van der Waals surface area contributed by atoms with Gasteiger partial charge in [-0.1, -0.05) is 26.0 Å². The highest BCUT2D eigenvalue weighted by molar-refractivity contribution is 7.11. The summed E-state index contributed by atoms with van der Waals surface area (Å²) in [5.74, 6) is 0.136. The lowest BCUT2D eigenvalue weighted by molar-refractivity contribution is -0.129. The van der Waals surface area contributed by atoms with Crippen LogP contribution in [0, 0.1) is 0 Å². The lowest BCUT2D eigenvalue weighted by Gasteiger charge is -2.19. The van der Waals surface area contributed by atoms with E-state index < -0.39 is 0 Å². The quantitative estimate of drug-likeness (QED) is 0.864. The number of hydrogen-bond donors (Lipinski definition) is 1. The molecule has 24 heavy (non-hydrogen) atoms. The molecule has 0 aliphatic heterocycles. The summed E-state index contributed by atoms with van der Waals surface area (Å²) >= 11 is 1.35. The van der Waals surface area contributed by atoms with Gasteiger partial charge in [0.1, 0.15) is 0 Å². The molecule has 0 unspecified atom stereocenters. The number of anilines is 1. The molecule has 6 heteroatoms. The maximum Gasteiger partial charge on any atom is 0.284 e. The highest BCUT2D eigenvalue weighted by Gasteiger charge is 2.13. The van der Waals surface area contributed by atoms with E-state index in [0.29, 0.717) is 29.7 Å². The second-order valence-electron chi connectivity index (χ2n) is 5.92. The molecule has 2 amide bonds. The third-order valence-electron chi connectivity index (χ3n) is 3.69. The van der Waals surface area contributed by atoms with E-state index in [4.69, 9.17) is 0 Å². The van der Waals surface area contributed by atoms with Crippen molar-refractivity contribution in [2.24, 2.45) is 0 Å². The van der Waals surface area contributed by atoms with Crippen LogP contribution < -0.4 is 5.32 Å². The number of nitrogens with zero attached hydrogens (tertiary/aromatic N) is 2. The molecular formula is C18H23N3O2S. The van der Waals surface area contributed by atoms with Crippen LogP contribution in [0.1, 0.15) is 54.7 Å². The number of nitrogens with one attached hydrogen (secondary N) is 1. The number of aromatic nitrogens is 1. The predicted molar refractivity (Wildman–Crippen MR) is 97.4 cm³/mol. The lowest BCUT2D eigenvalue weighted by Crippen LogP contribution is -2.27. The lowest BCUT2D eigenvalue weighted by atomic mass is 10.2. The summed E-state index contributed by atoms with van der Waals surface area (Å²) in [4.78, 5) is 30.0. The number of thiazole rings is 1. The van der Waals surface area contributed by atoms with Gasteiger partial charge in [0.05, 0.1) is 5.69 Å². The minimum atomic E-state index is -0.206. The van der Waals surface area contributed by atoms with E-state index in [9.17, 15) is 9.59 Å². The van der Waals surface area contributed by atoms with E-state index in [0.717, 1.165) is 11.3 Å². The molecule has 2 aromatic rings. The van der Waals surface area contributed by atoms with E-state index >= 15 is 0 Å². The SMILES string of the molecule is CCN(Cc1cccc(NC(=O)c2nc(C(C)C)cs2)c1)C(C)=O. The fourth-order valence-electron chi connectivity index (χ4n) is 2.25. The first-order valence-electron chi connectivity index (χ1n) is 8.02. The zero-order chi connectivity index (χ0) is 17.7. The standard InChI is InChI=1S/C18H23N3O2S/c1-5-21(13(4)22)10-14-7-6-8-15(9-14)19-17(23)18-20-16(11-24-18)12(2)3/h6-9,11-12H,5,10H2,1-4H3,(H,19,23). The van der Waals surface area contributed by atoms with Crippen LogP contribution in [0.2, 0.25) is 0 Å². The first kappa shape index (κ1) is 18.1. The van der Waals surface area contributed by atoms with Crippen LogP contribution in [0.15, 0.2) is 29.6 Å². The Morgan fingerprint density at radius 3 is 2.67 bits per heavy atom. The van der Waals surface area contributed by atoms with Gasteiger partial charge in [-0.3, -0.25) is 9.59 Å². The molecule has 1 aromatic heterocycles. The average molecular weight is 345 g/mol. The molecule has 0 atom stereocenters. The van der Waals surface area contributed by atoms with Crippen molar-refractivity contribution in [3.05, 3.63) is 45.9 Å². The summed E-state index contributed by atoms with van der Waals surface area (Å²) in [6.07, 6.45) is 0. The van der Waals surface area contributed by atoms with E-state index in [1.165, 1.54) is 11.3 Å². The van der Waals surface area contributed by atoms with Gasteiger partial charge in [0.15, 0.2) is 5.01 Å². The van der Waals surface area contributed by atoms with Crippen molar-refractivity contribution in [1.82, 2.24) is 9.88 Å². The van der Waals surface area contributed by atoms with E-state index in [1.54, 1.807) is 11.8 Å². The summed E-state index contributed by atoms with van der Waals surface area (Å²) in [7, 11) is 0. The average Bonchev–Trinajstić information content (AvgIpc) is 3.03. The molecule has 1 N–H and O–H groups in total. The fourth-order valence-corrected chi connectivity index (χ4v) is 3.13. The summed E-state index contributed by atoms with van der Waals surface area (Å²) < 4.78 is 0. The summed E-state index contributed by atoms with van der Waals surface area (Å²) in [6, 6.07) is 7.55. The van der Waals surface area contributed by atoms with Gasteiger partial charge in [0.2, 0.25) is 5.91 Å². The van der Waals surface area contributed by atoms with Crippen molar-refractivity contribution in [2.75, 3.05) is 11.9 Å².